The molecule has 0 aromatic heterocycles. The van der Waals surface area contributed by atoms with Gasteiger partial charge in [0.15, 0.2) is 0 Å². The van der Waals surface area contributed by atoms with E-state index in [0.717, 1.165) is 16.9 Å². The molecule has 1 atom stereocenters. The van der Waals surface area contributed by atoms with Crippen molar-refractivity contribution in [2.24, 2.45) is 0 Å². The number of ether oxygens (including phenoxy) is 1. The van der Waals surface area contributed by atoms with Crippen molar-refractivity contribution < 1.29 is 18.3 Å². The molecule has 2 aromatic rings. The lowest BCUT2D eigenvalue weighted by Crippen LogP contribution is -1.95. The summed E-state index contributed by atoms with van der Waals surface area (Å²) in [6, 6.07) is 12.5. The van der Waals surface area contributed by atoms with E-state index in [1.165, 1.54) is 13.8 Å². The highest BCUT2D eigenvalue weighted by atomic mass is 35.5. The van der Waals surface area contributed by atoms with Gasteiger partial charge in [0.2, 0.25) is 0 Å². The average Bonchev–Trinajstić information content (AvgIpc) is 2.49. The predicted octanol–water partition coefficient (Wildman–Crippen LogP) is 4.86. The molecule has 0 spiro atoms. The first-order chi connectivity index (χ1) is 9.95. The summed E-state index contributed by atoms with van der Waals surface area (Å²) in [7, 11) is -0.184. The van der Waals surface area contributed by atoms with Crippen LogP contribution in [-0.2, 0) is 9.09 Å². The van der Waals surface area contributed by atoms with Gasteiger partial charge in [-0.1, -0.05) is 23.7 Å². The van der Waals surface area contributed by atoms with Gasteiger partial charge < -0.3 is 13.8 Å². The molecular formula is C15H16ClO4P. The monoisotopic (exact) mass is 326 g/mol. The second-order valence-corrected chi connectivity index (χ2v) is 6.94. The Kier molecular flexibility index (Phi) is 4.94. The van der Waals surface area contributed by atoms with E-state index in [1.807, 2.05) is 24.3 Å². The molecule has 0 saturated heterocycles. The average molecular weight is 327 g/mol. The Hall–Kier alpha value is -1.48. The van der Waals surface area contributed by atoms with Gasteiger partial charge in [0.25, 0.3) is 0 Å². The zero-order chi connectivity index (χ0) is 15.5. The van der Waals surface area contributed by atoms with E-state index in [9.17, 15) is 4.57 Å². The Morgan fingerprint density at radius 1 is 1.05 bits per heavy atom. The third kappa shape index (κ3) is 4.01. The van der Waals surface area contributed by atoms with Gasteiger partial charge in [0, 0.05) is 24.4 Å². The number of halogens is 1. The quantitative estimate of drug-likeness (QED) is 0.736. The van der Waals surface area contributed by atoms with Crippen LogP contribution < -0.4 is 9.26 Å². The van der Waals surface area contributed by atoms with E-state index in [2.05, 4.69) is 0 Å². The molecule has 4 nitrogen and oxygen atoms in total. The third-order valence-corrected chi connectivity index (χ3v) is 4.37. The van der Waals surface area contributed by atoms with Crippen molar-refractivity contribution in [1.82, 2.24) is 0 Å². The van der Waals surface area contributed by atoms with Crippen molar-refractivity contribution in [1.29, 1.82) is 0 Å². The van der Waals surface area contributed by atoms with Crippen LogP contribution in [0.3, 0.4) is 0 Å². The summed E-state index contributed by atoms with van der Waals surface area (Å²) in [5.41, 5.74) is 1.62. The Bertz CT molecular complexity index is 670. The van der Waals surface area contributed by atoms with Crippen LogP contribution in [0.1, 0.15) is 0 Å². The topological polar surface area (TPSA) is 44.8 Å². The van der Waals surface area contributed by atoms with Gasteiger partial charge in [-0.3, -0.25) is 0 Å². The van der Waals surface area contributed by atoms with E-state index < -0.39 is 7.60 Å². The Balaban J connectivity index is 2.45. The van der Waals surface area contributed by atoms with E-state index in [0.29, 0.717) is 10.8 Å². The van der Waals surface area contributed by atoms with Crippen LogP contribution in [0.4, 0.5) is 0 Å². The molecule has 0 N–H and O–H groups in total. The van der Waals surface area contributed by atoms with Crippen LogP contribution in [-0.4, -0.2) is 20.9 Å². The fraction of sp³-hybridized carbons (Fsp3) is 0.200. The van der Waals surface area contributed by atoms with Crippen LogP contribution in [0.2, 0.25) is 5.02 Å². The van der Waals surface area contributed by atoms with Crippen molar-refractivity contribution in [3.8, 4) is 22.6 Å². The minimum Gasteiger partial charge on any atom is -0.497 e. The fourth-order valence-corrected chi connectivity index (χ4v) is 2.56. The van der Waals surface area contributed by atoms with Crippen molar-refractivity contribution in [2.45, 2.75) is 0 Å². The minimum absolute atomic E-state index is 0.456. The van der Waals surface area contributed by atoms with Crippen LogP contribution in [0, 0.1) is 0 Å². The Morgan fingerprint density at radius 3 is 2.29 bits per heavy atom. The lowest BCUT2D eigenvalue weighted by atomic mass is 10.0. The Labute approximate surface area is 129 Å². The smallest absolute Gasteiger partial charge is 0.375 e. The number of methoxy groups -OCH3 is 1. The highest BCUT2D eigenvalue weighted by Gasteiger charge is 2.19. The molecule has 6 heteroatoms. The molecule has 2 aromatic carbocycles. The lowest BCUT2D eigenvalue weighted by molar-refractivity contribution is 0.329. The third-order valence-electron chi connectivity index (χ3n) is 2.94. The second-order valence-electron chi connectivity index (χ2n) is 4.41. The first kappa shape index (κ1) is 15.9. The van der Waals surface area contributed by atoms with Crippen molar-refractivity contribution >= 4 is 19.2 Å². The predicted molar refractivity (Wildman–Crippen MR) is 84.6 cm³/mol. The molecule has 0 aliphatic heterocycles. The molecule has 0 fully saturated rings. The highest BCUT2D eigenvalue weighted by Crippen LogP contribution is 2.46. The van der Waals surface area contributed by atoms with E-state index >= 15 is 0 Å². The summed E-state index contributed by atoms with van der Waals surface area (Å²) in [5, 5.41) is 0.566. The summed E-state index contributed by atoms with van der Waals surface area (Å²) in [4.78, 5) is 0. The molecule has 1 unspecified atom stereocenters. The SMILES string of the molecule is COc1ccc(-c2cc(Cl)ccc2OP(C)(=O)OC)cc1. The number of rotatable bonds is 5. The van der Waals surface area contributed by atoms with Gasteiger partial charge >= 0.3 is 7.60 Å². The standard InChI is InChI=1S/C15H16ClO4P/c1-18-13-7-4-11(5-8-13)14-10-12(16)6-9-15(14)20-21(3,17)19-2/h4-10H,1-3H3. The molecule has 0 radical (unpaired) electrons. The normalized spacial score (nSPS) is 13.5. The van der Waals surface area contributed by atoms with Crippen LogP contribution >= 0.6 is 19.2 Å². The van der Waals surface area contributed by atoms with E-state index in [4.69, 9.17) is 25.4 Å². The summed E-state index contributed by atoms with van der Waals surface area (Å²) < 4.78 is 27.5. The largest absolute Gasteiger partial charge is 0.497 e. The lowest BCUT2D eigenvalue weighted by Gasteiger charge is -2.16. The van der Waals surface area contributed by atoms with Gasteiger partial charge in [-0.15, -0.1) is 0 Å². The maximum atomic E-state index is 12.0. The van der Waals surface area contributed by atoms with Crippen LogP contribution in [0.15, 0.2) is 42.5 Å². The number of hydrogen-bond donors (Lipinski definition) is 0. The Morgan fingerprint density at radius 2 is 1.71 bits per heavy atom. The molecular weight excluding hydrogens is 311 g/mol. The molecule has 0 bridgehead atoms. The van der Waals surface area contributed by atoms with Gasteiger partial charge in [-0.25, -0.2) is 4.57 Å². The molecule has 0 aliphatic carbocycles. The fourth-order valence-electron chi connectivity index (χ4n) is 1.79. The zero-order valence-corrected chi connectivity index (χ0v) is 13.6. The van der Waals surface area contributed by atoms with Crippen LogP contribution in [0.25, 0.3) is 11.1 Å². The molecule has 0 saturated carbocycles. The first-order valence-electron chi connectivity index (χ1n) is 6.22. The maximum Gasteiger partial charge on any atom is 0.375 e. The molecule has 2 rings (SSSR count). The second kappa shape index (κ2) is 6.52. The molecule has 21 heavy (non-hydrogen) atoms. The van der Waals surface area contributed by atoms with Crippen molar-refractivity contribution in [3.63, 3.8) is 0 Å². The molecule has 112 valence electrons. The van der Waals surface area contributed by atoms with Gasteiger partial charge in [0.05, 0.1) is 7.11 Å². The van der Waals surface area contributed by atoms with Crippen LogP contribution in [0.5, 0.6) is 11.5 Å². The number of hydrogen-bond acceptors (Lipinski definition) is 4. The van der Waals surface area contributed by atoms with Gasteiger partial charge in [-0.05, 0) is 35.9 Å². The minimum atomic E-state index is -3.14. The molecule has 0 aliphatic rings. The summed E-state index contributed by atoms with van der Waals surface area (Å²) in [5.74, 6) is 1.21. The summed E-state index contributed by atoms with van der Waals surface area (Å²) in [6.07, 6.45) is 0. The highest BCUT2D eigenvalue weighted by molar-refractivity contribution is 7.53. The summed E-state index contributed by atoms with van der Waals surface area (Å²) in [6.45, 7) is 1.42. The van der Waals surface area contributed by atoms with E-state index in [1.54, 1.807) is 25.3 Å². The maximum absolute atomic E-state index is 12.0. The zero-order valence-electron chi connectivity index (χ0n) is 12.0. The van der Waals surface area contributed by atoms with Gasteiger partial charge in [-0.2, -0.15) is 0 Å². The van der Waals surface area contributed by atoms with Crippen molar-refractivity contribution in [3.05, 3.63) is 47.5 Å². The van der Waals surface area contributed by atoms with Gasteiger partial charge in [0.1, 0.15) is 11.5 Å². The number of benzene rings is 2. The van der Waals surface area contributed by atoms with E-state index in [-0.39, 0.29) is 0 Å². The molecule has 0 amide bonds. The van der Waals surface area contributed by atoms with Crippen molar-refractivity contribution in [2.75, 3.05) is 20.9 Å². The molecule has 0 heterocycles. The first-order valence-corrected chi connectivity index (χ1v) is 8.59. The summed E-state index contributed by atoms with van der Waals surface area (Å²) >= 11 is 6.05.